The van der Waals surface area contributed by atoms with Gasteiger partial charge in [0.25, 0.3) is 0 Å². The summed E-state index contributed by atoms with van der Waals surface area (Å²) >= 11 is 1.23. The molecule has 15 heavy (non-hydrogen) atoms. The van der Waals surface area contributed by atoms with E-state index in [-0.39, 0.29) is 11.7 Å². The standard InChI is InChI=1S/C10H20N2O2S/c1-9(13)5-3-2-4-6-10(14)12-7-8-15-11/h2-8,11H2,1H3,(H,12,14). The fraction of sp³-hybridized carbons (Fsp3) is 0.800. The lowest BCUT2D eigenvalue weighted by molar-refractivity contribution is -0.121. The first-order chi connectivity index (χ1) is 7.16. The Morgan fingerprint density at radius 2 is 1.87 bits per heavy atom. The number of Topliss-reactive ketones (excluding diaryl/α,β-unsaturated/α-hetero) is 1. The molecule has 0 fully saturated rings. The Bertz CT molecular complexity index is 198. The zero-order valence-corrected chi connectivity index (χ0v) is 10.1. The van der Waals surface area contributed by atoms with Gasteiger partial charge in [0.05, 0.1) is 0 Å². The number of amides is 1. The van der Waals surface area contributed by atoms with Gasteiger partial charge in [-0.1, -0.05) is 18.4 Å². The third-order valence-corrected chi connectivity index (χ3v) is 2.41. The van der Waals surface area contributed by atoms with E-state index in [1.165, 1.54) is 11.9 Å². The van der Waals surface area contributed by atoms with E-state index >= 15 is 0 Å². The van der Waals surface area contributed by atoms with Gasteiger partial charge in [-0.25, -0.2) is 0 Å². The summed E-state index contributed by atoms with van der Waals surface area (Å²) in [7, 11) is 0. The van der Waals surface area contributed by atoms with Gasteiger partial charge in [-0.15, -0.1) is 0 Å². The van der Waals surface area contributed by atoms with Gasteiger partial charge in [0.1, 0.15) is 5.78 Å². The molecule has 0 radical (unpaired) electrons. The van der Waals surface area contributed by atoms with E-state index in [2.05, 4.69) is 5.32 Å². The molecule has 0 aromatic rings. The average Bonchev–Trinajstić information content (AvgIpc) is 2.17. The van der Waals surface area contributed by atoms with Crippen molar-refractivity contribution in [3.05, 3.63) is 0 Å². The molecule has 0 aliphatic rings. The van der Waals surface area contributed by atoms with E-state index in [4.69, 9.17) is 5.14 Å². The summed E-state index contributed by atoms with van der Waals surface area (Å²) in [4.78, 5) is 21.8. The molecule has 0 aromatic heterocycles. The van der Waals surface area contributed by atoms with E-state index in [0.29, 0.717) is 19.4 Å². The molecule has 3 N–H and O–H groups in total. The molecule has 0 aliphatic heterocycles. The predicted octanol–water partition coefficient (Wildman–Crippen LogP) is 1.25. The number of hydrogen-bond donors (Lipinski definition) is 2. The molecule has 0 aliphatic carbocycles. The van der Waals surface area contributed by atoms with E-state index in [0.717, 1.165) is 25.0 Å². The van der Waals surface area contributed by atoms with E-state index in [1.54, 1.807) is 6.92 Å². The normalized spacial score (nSPS) is 10.0. The third kappa shape index (κ3) is 11.4. The van der Waals surface area contributed by atoms with Crippen LogP contribution in [0.25, 0.3) is 0 Å². The highest BCUT2D eigenvalue weighted by atomic mass is 32.2. The molecule has 4 nitrogen and oxygen atoms in total. The Balaban J connectivity index is 3.20. The highest BCUT2D eigenvalue weighted by molar-refractivity contribution is 7.97. The van der Waals surface area contributed by atoms with Gasteiger partial charge in [0.15, 0.2) is 0 Å². The van der Waals surface area contributed by atoms with Crippen molar-refractivity contribution in [2.75, 3.05) is 12.3 Å². The Labute approximate surface area is 95.5 Å². The van der Waals surface area contributed by atoms with Crippen LogP contribution < -0.4 is 10.5 Å². The van der Waals surface area contributed by atoms with Crippen LogP contribution in [0.3, 0.4) is 0 Å². The number of ketones is 1. The molecule has 5 heteroatoms. The molecule has 0 aromatic carbocycles. The maximum atomic E-state index is 11.2. The lowest BCUT2D eigenvalue weighted by Crippen LogP contribution is -2.25. The molecule has 0 spiro atoms. The van der Waals surface area contributed by atoms with Gasteiger partial charge < -0.3 is 10.1 Å². The second kappa shape index (κ2) is 9.98. The van der Waals surface area contributed by atoms with Gasteiger partial charge in [-0.05, 0) is 19.8 Å². The van der Waals surface area contributed by atoms with Crippen LogP contribution >= 0.6 is 11.9 Å². The van der Waals surface area contributed by atoms with Gasteiger partial charge in [-0.2, -0.15) is 0 Å². The fourth-order valence-corrected chi connectivity index (χ4v) is 1.39. The highest BCUT2D eigenvalue weighted by Crippen LogP contribution is 2.03. The van der Waals surface area contributed by atoms with E-state index in [9.17, 15) is 9.59 Å². The average molecular weight is 232 g/mol. The van der Waals surface area contributed by atoms with Crippen molar-refractivity contribution in [3.8, 4) is 0 Å². The summed E-state index contributed by atoms with van der Waals surface area (Å²) in [6, 6.07) is 0. The van der Waals surface area contributed by atoms with Crippen LogP contribution in [0.5, 0.6) is 0 Å². The minimum Gasteiger partial charge on any atom is -0.355 e. The van der Waals surface area contributed by atoms with Crippen molar-refractivity contribution in [2.24, 2.45) is 5.14 Å². The summed E-state index contributed by atoms with van der Waals surface area (Å²) in [6.45, 7) is 2.23. The predicted molar refractivity (Wildman–Crippen MR) is 63.4 cm³/mol. The maximum Gasteiger partial charge on any atom is 0.220 e. The first-order valence-electron chi connectivity index (χ1n) is 5.24. The third-order valence-electron chi connectivity index (χ3n) is 1.97. The molecule has 0 saturated heterocycles. The second-order valence-corrected chi connectivity index (χ2v) is 4.23. The minimum absolute atomic E-state index is 0.0758. The van der Waals surface area contributed by atoms with Crippen molar-refractivity contribution in [1.82, 2.24) is 5.32 Å². The highest BCUT2D eigenvalue weighted by Gasteiger charge is 2.00. The first-order valence-corrected chi connectivity index (χ1v) is 6.29. The van der Waals surface area contributed by atoms with Crippen molar-refractivity contribution < 1.29 is 9.59 Å². The van der Waals surface area contributed by atoms with Crippen LogP contribution in [0.1, 0.15) is 39.0 Å². The molecule has 1 amide bonds. The monoisotopic (exact) mass is 232 g/mol. The smallest absolute Gasteiger partial charge is 0.220 e. The maximum absolute atomic E-state index is 11.2. The van der Waals surface area contributed by atoms with Crippen molar-refractivity contribution in [2.45, 2.75) is 39.0 Å². The van der Waals surface area contributed by atoms with E-state index < -0.39 is 0 Å². The SMILES string of the molecule is CC(=O)CCCCCC(=O)NCCSN. The minimum atomic E-state index is 0.0758. The summed E-state index contributed by atoms with van der Waals surface area (Å²) in [6.07, 6.45) is 3.87. The lowest BCUT2D eigenvalue weighted by atomic mass is 10.1. The molecule has 88 valence electrons. The van der Waals surface area contributed by atoms with Gasteiger partial charge >= 0.3 is 0 Å². The Kier molecular flexibility index (Phi) is 9.62. The molecular weight excluding hydrogens is 212 g/mol. The molecular formula is C10H20N2O2S. The summed E-state index contributed by atoms with van der Waals surface area (Å²) < 4.78 is 0. The van der Waals surface area contributed by atoms with Crippen LogP contribution in [-0.2, 0) is 9.59 Å². The zero-order valence-electron chi connectivity index (χ0n) is 9.25. The van der Waals surface area contributed by atoms with Gasteiger partial charge in [0, 0.05) is 25.1 Å². The molecule has 0 atom stereocenters. The van der Waals surface area contributed by atoms with Crippen molar-refractivity contribution in [3.63, 3.8) is 0 Å². The molecule has 0 unspecified atom stereocenters. The summed E-state index contributed by atoms with van der Waals surface area (Å²) in [5.74, 6) is 1.04. The number of rotatable bonds is 9. The van der Waals surface area contributed by atoms with Crippen LogP contribution in [0.2, 0.25) is 0 Å². The number of carbonyl (C=O) groups is 2. The topological polar surface area (TPSA) is 72.2 Å². The van der Waals surface area contributed by atoms with Crippen LogP contribution in [0.4, 0.5) is 0 Å². The largest absolute Gasteiger partial charge is 0.355 e. The fourth-order valence-electron chi connectivity index (χ4n) is 1.17. The van der Waals surface area contributed by atoms with Crippen LogP contribution in [0, 0.1) is 0 Å². The quantitative estimate of drug-likeness (QED) is 0.463. The number of carbonyl (C=O) groups excluding carboxylic acids is 2. The Morgan fingerprint density at radius 1 is 1.20 bits per heavy atom. The second-order valence-electron chi connectivity index (χ2n) is 3.48. The van der Waals surface area contributed by atoms with Gasteiger partial charge in [0.2, 0.25) is 5.91 Å². The van der Waals surface area contributed by atoms with Crippen LogP contribution in [0.15, 0.2) is 0 Å². The Morgan fingerprint density at radius 3 is 2.47 bits per heavy atom. The number of nitrogens with two attached hydrogens (primary N) is 1. The first kappa shape index (κ1) is 14.5. The summed E-state index contributed by atoms with van der Waals surface area (Å²) in [5.41, 5.74) is 0. The molecule has 0 bridgehead atoms. The number of hydrogen-bond acceptors (Lipinski definition) is 4. The van der Waals surface area contributed by atoms with E-state index in [1.807, 2.05) is 0 Å². The molecule has 0 rings (SSSR count). The molecule has 0 saturated carbocycles. The Hall–Kier alpha value is -0.550. The lowest BCUT2D eigenvalue weighted by Gasteiger charge is -2.03. The summed E-state index contributed by atoms with van der Waals surface area (Å²) in [5, 5.41) is 7.99. The number of unbranched alkanes of at least 4 members (excludes halogenated alkanes) is 2. The molecule has 0 heterocycles. The van der Waals surface area contributed by atoms with Gasteiger partial charge in [-0.3, -0.25) is 9.93 Å². The van der Waals surface area contributed by atoms with Crippen molar-refractivity contribution >= 4 is 23.6 Å². The van der Waals surface area contributed by atoms with Crippen LogP contribution in [-0.4, -0.2) is 24.0 Å². The zero-order chi connectivity index (χ0) is 11.5. The van der Waals surface area contributed by atoms with Crippen molar-refractivity contribution in [1.29, 1.82) is 0 Å². The number of nitrogens with one attached hydrogen (secondary N) is 1.